The summed E-state index contributed by atoms with van der Waals surface area (Å²) < 4.78 is 5.40. The molecule has 0 bridgehead atoms. The van der Waals surface area contributed by atoms with Gasteiger partial charge in [0.2, 0.25) is 0 Å². The summed E-state index contributed by atoms with van der Waals surface area (Å²) in [7, 11) is 0. The zero-order valence-corrected chi connectivity index (χ0v) is 15.2. The van der Waals surface area contributed by atoms with Gasteiger partial charge in [0.05, 0.1) is 37.0 Å². The summed E-state index contributed by atoms with van der Waals surface area (Å²) >= 11 is 0. The van der Waals surface area contributed by atoms with Gasteiger partial charge in [-0.3, -0.25) is 4.79 Å². The molecule has 1 aliphatic heterocycles. The van der Waals surface area contributed by atoms with E-state index in [9.17, 15) is 4.79 Å². The van der Waals surface area contributed by atoms with Crippen LogP contribution in [0.1, 0.15) is 24.3 Å². The smallest absolute Gasteiger partial charge is 0.275 e. The van der Waals surface area contributed by atoms with Crippen molar-refractivity contribution in [2.24, 2.45) is 5.92 Å². The summed E-state index contributed by atoms with van der Waals surface area (Å²) in [6.45, 7) is 8.05. The Kier molecular flexibility index (Phi) is 6.01. The first kappa shape index (κ1) is 18.1. The number of morpholine rings is 1. The van der Waals surface area contributed by atoms with Crippen molar-refractivity contribution in [1.82, 2.24) is 9.97 Å². The average Bonchev–Trinajstić information content (AvgIpc) is 2.68. The maximum absolute atomic E-state index is 12.5. The third-order valence-electron chi connectivity index (χ3n) is 4.08. The maximum atomic E-state index is 12.5. The van der Waals surface area contributed by atoms with Crippen LogP contribution >= 0.6 is 0 Å². The molecule has 0 unspecified atom stereocenters. The molecule has 0 spiro atoms. The zero-order valence-electron chi connectivity index (χ0n) is 15.2. The quantitative estimate of drug-likeness (QED) is 0.829. The second-order valence-electron chi connectivity index (χ2n) is 6.63. The van der Waals surface area contributed by atoms with Gasteiger partial charge in [0, 0.05) is 19.6 Å². The van der Waals surface area contributed by atoms with Crippen LogP contribution < -0.4 is 15.5 Å². The van der Waals surface area contributed by atoms with E-state index in [1.54, 1.807) is 6.20 Å². The summed E-state index contributed by atoms with van der Waals surface area (Å²) in [5.74, 6) is 0.911. The lowest BCUT2D eigenvalue weighted by atomic mass is 10.2. The Labute approximate surface area is 153 Å². The van der Waals surface area contributed by atoms with Crippen LogP contribution in [0.4, 0.5) is 17.2 Å². The number of ether oxygens (including phenoxy) is 1. The van der Waals surface area contributed by atoms with Gasteiger partial charge in [-0.15, -0.1) is 0 Å². The number of hydrogen-bond acceptors (Lipinski definition) is 6. The first-order valence-electron chi connectivity index (χ1n) is 8.92. The van der Waals surface area contributed by atoms with Crippen LogP contribution in [0.5, 0.6) is 0 Å². The molecule has 0 atom stereocenters. The van der Waals surface area contributed by atoms with Crippen LogP contribution in [0.15, 0.2) is 36.7 Å². The third kappa shape index (κ3) is 4.70. The minimum atomic E-state index is -0.270. The van der Waals surface area contributed by atoms with Crippen LogP contribution in [0.25, 0.3) is 0 Å². The first-order chi connectivity index (χ1) is 12.6. The monoisotopic (exact) mass is 355 g/mol. The molecule has 1 fully saturated rings. The number of anilines is 3. The van der Waals surface area contributed by atoms with E-state index < -0.39 is 0 Å². The topological polar surface area (TPSA) is 79.4 Å². The Morgan fingerprint density at radius 3 is 2.65 bits per heavy atom. The van der Waals surface area contributed by atoms with E-state index in [1.807, 2.05) is 24.3 Å². The second kappa shape index (κ2) is 8.62. The molecular weight excluding hydrogens is 330 g/mol. The molecule has 0 radical (unpaired) electrons. The van der Waals surface area contributed by atoms with Gasteiger partial charge in [-0.25, -0.2) is 9.97 Å². The van der Waals surface area contributed by atoms with E-state index >= 15 is 0 Å². The van der Waals surface area contributed by atoms with Crippen molar-refractivity contribution < 1.29 is 9.53 Å². The van der Waals surface area contributed by atoms with Gasteiger partial charge < -0.3 is 20.3 Å². The van der Waals surface area contributed by atoms with E-state index in [4.69, 9.17) is 4.74 Å². The van der Waals surface area contributed by atoms with Crippen molar-refractivity contribution in [3.05, 3.63) is 42.4 Å². The summed E-state index contributed by atoms with van der Waals surface area (Å²) in [6, 6.07) is 7.78. The zero-order chi connectivity index (χ0) is 18.4. The Bertz CT molecular complexity index is 727. The second-order valence-corrected chi connectivity index (χ2v) is 6.63. The first-order valence-corrected chi connectivity index (χ1v) is 8.92. The lowest BCUT2D eigenvalue weighted by Crippen LogP contribution is -2.36. The van der Waals surface area contributed by atoms with Crippen LogP contribution in [-0.4, -0.2) is 48.7 Å². The minimum Gasteiger partial charge on any atom is -0.378 e. The minimum absolute atomic E-state index is 0.270. The molecule has 1 saturated heterocycles. The molecule has 138 valence electrons. The van der Waals surface area contributed by atoms with E-state index in [2.05, 4.69) is 39.3 Å². The van der Waals surface area contributed by atoms with Crippen molar-refractivity contribution in [3.63, 3.8) is 0 Å². The van der Waals surface area contributed by atoms with Gasteiger partial charge >= 0.3 is 0 Å². The Balaban J connectivity index is 1.68. The highest BCUT2D eigenvalue weighted by atomic mass is 16.5. The maximum Gasteiger partial charge on any atom is 0.275 e. The number of carbonyl (C=O) groups is 1. The van der Waals surface area contributed by atoms with Crippen molar-refractivity contribution in [3.8, 4) is 0 Å². The third-order valence-corrected chi connectivity index (χ3v) is 4.08. The van der Waals surface area contributed by atoms with Crippen molar-refractivity contribution in [2.75, 3.05) is 48.4 Å². The summed E-state index contributed by atoms with van der Waals surface area (Å²) in [4.78, 5) is 23.2. The van der Waals surface area contributed by atoms with E-state index in [1.165, 1.54) is 6.20 Å². The molecule has 2 aromatic rings. The number of nitrogens with zero attached hydrogens (tertiary/aromatic N) is 3. The highest BCUT2D eigenvalue weighted by molar-refractivity contribution is 6.04. The Hall–Kier alpha value is -2.67. The van der Waals surface area contributed by atoms with Gasteiger partial charge in [0.25, 0.3) is 5.91 Å². The van der Waals surface area contributed by atoms with Crippen molar-refractivity contribution in [1.29, 1.82) is 0 Å². The summed E-state index contributed by atoms with van der Waals surface area (Å²) in [6.07, 6.45) is 3.08. The number of hydrogen-bond donors (Lipinski definition) is 2. The fourth-order valence-electron chi connectivity index (χ4n) is 2.69. The number of para-hydroxylation sites is 2. The molecule has 1 aromatic heterocycles. The number of aromatic nitrogens is 2. The van der Waals surface area contributed by atoms with Crippen LogP contribution in [-0.2, 0) is 4.74 Å². The average molecular weight is 355 g/mol. The molecule has 2 N–H and O–H groups in total. The molecule has 7 heteroatoms. The number of nitrogens with one attached hydrogen (secondary N) is 2. The molecule has 1 aromatic carbocycles. The van der Waals surface area contributed by atoms with Gasteiger partial charge in [-0.2, -0.15) is 0 Å². The lowest BCUT2D eigenvalue weighted by Gasteiger charge is -2.30. The molecule has 0 aliphatic carbocycles. The van der Waals surface area contributed by atoms with Gasteiger partial charge in [-0.1, -0.05) is 26.0 Å². The van der Waals surface area contributed by atoms with Crippen LogP contribution in [0.3, 0.4) is 0 Å². The normalized spacial score (nSPS) is 14.3. The molecule has 0 saturated carbocycles. The number of carbonyl (C=O) groups excluding carboxylic acids is 1. The van der Waals surface area contributed by atoms with Gasteiger partial charge in [0.15, 0.2) is 0 Å². The number of benzene rings is 1. The SMILES string of the molecule is CC(C)CNc1cnc(C(=O)Nc2ccccc2N2CCOCC2)cn1. The fourth-order valence-corrected chi connectivity index (χ4v) is 2.69. The van der Waals surface area contributed by atoms with Gasteiger partial charge in [0.1, 0.15) is 11.5 Å². The molecular formula is C19H25N5O2. The highest BCUT2D eigenvalue weighted by Crippen LogP contribution is 2.26. The molecule has 3 rings (SSSR count). The summed E-state index contributed by atoms with van der Waals surface area (Å²) in [5.41, 5.74) is 2.05. The van der Waals surface area contributed by atoms with Crippen LogP contribution in [0, 0.1) is 5.92 Å². The van der Waals surface area contributed by atoms with Crippen LogP contribution in [0.2, 0.25) is 0 Å². The lowest BCUT2D eigenvalue weighted by molar-refractivity contribution is 0.102. The predicted molar refractivity (Wildman–Crippen MR) is 103 cm³/mol. The van der Waals surface area contributed by atoms with Crippen molar-refractivity contribution in [2.45, 2.75) is 13.8 Å². The fraction of sp³-hybridized carbons (Fsp3) is 0.421. The Morgan fingerprint density at radius 2 is 1.96 bits per heavy atom. The van der Waals surface area contributed by atoms with E-state index in [0.717, 1.165) is 31.0 Å². The molecule has 1 amide bonds. The number of amides is 1. The molecule has 1 aliphatic rings. The predicted octanol–water partition coefficient (Wildman–Crippen LogP) is 2.63. The standard InChI is InChI=1S/C19H25N5O2/c1-14(2)11-21-18-13-20-16(12-22-18)19(25)23-15-5-3-4-6-17(15)24-7-9-26-10-8-24/h3-6,12-14H,7-11H2,1-2H3,(H,21,22)(H,23,25). The van der Waals surface area contributed by atoms with Crippen molar-refractivity contribution >= 4 is 23.1 Å². The molecule has 2 heterocycles. The highest BCUT2D eigenvalue weighted by Gasteiger charge is 2.17. The molecule has 26 heavy (non-hydrogen) atoms. The Morgan fingerprint density at radius 1 is 1.19 bits per heavy atom. The summed E-state index contributed by atoms with van der Waals surface area (Å²) in [5, 5.41) is 6.14. The number of rotatable bonds is 6. The van der Waals surface area contributed by atoms with Gasteiger partial charge in [-0.05, 0) is 18.1 Å². The van der Waals surface area contributed by atoms with E-state index in [-0.39, 0.29) is 11.6 Å². The van der Waals surface area contributed by atoms with E-state index in [0.29, 0.717) is 24.9 Å². The largest absolute Gasteiger partial charge is 0.378 e. The molecule has 7 nitrogen and oxygen atoms in total.